The Morgan fingerprint density at radius 3 is 2.43 bits per heavy atom. The van der Waals surface area contributed by atoms with Gasteiger partial charge in [-0.1, -0.05) is 39.3 Å². The lowest BCUT2D eigenvalue weighted by atomic mass is 9.49. The number of rotatable bonds is 14. The van der Waals surface area contributed by atoms with Gasteiger partial charge in [-0.25, -0.2) is 14.6 Å². The molecule has 7 rings (SSSR count). The topological polar surface area (TPSA) is 179 Å². The summed E-state index contributed by atoms with van der Waals surface area (Å²) in [5, 5.41) is 20.7. The molecular formula is C44H53ClN10O5. The normalized spacial score (nSPS) is 21.4. The number of amides is 3. The number of halogens is 1. The number of ether oxygens (including phenoxy) is 1. The number of carbonyl (C=O) groups excluding carboxylic acids is 3. The molecular weight excluding hydrogens is 784 g/mol. The van der Waals surface area contributed by atoms with Crippen LogP contribution in [0.4, 0.5) is 11.6 Å². The summed E-state index contributed by atoms with van der Waals surface area (Å²) in [7, 11) is 0. The molecule has 2 unspecified atom stereocenters. The molecule has 60 heavy (non-hydrogen) atoms. The molecule has 316 valence electrons. The summed E-state index contributed by atoms with van der Waals surface area (Å²) in [6.07, 6.45) is 7.76. The van der Waals surface area contributed by atoms with Crippen LogP contribution in [-0.4, -0.2) is 101 Å². The van der Waals surface area contributed by atoms with Gasteiger partial charge in [0, 0.05) is 92.1 Å². The van der Waals surface area contributed by atoms with Crippen molar-refractivity contribution in [1.29, 1.82) is 5.26 Å². The smallest absolute Gasteiger partial charge is 0.274 e. The SMILES string of the molecule is CC(CCC(=O)NC=O)n1ncc2cc(N3CCN(CCC4CCN(c5ncc(C(=O)NC6C(C)(C)C(Oc7ccc(C#N)c(Cl)c7)C6(C)C)cn5)C4)CC3)ccc2c1=O. The molecule has 2 saturated heterocycles. The maximum atomic E-state index is 13.4. The average Bonchev–Trinajstić information content (AvgIpc) is 3.72. The van der Waals surface area contributed by atoms with Crippen molar-refractivity contribution in [3.05, 3.63) is 81.5 Å². The van der Waals surface area contributed by atoms with Gasteiger partial charge < -0.3 is 19.9 Å². The molecule has 16 heteroatoms. The zero-order chi connectivity index (χ0) is 42.8. The van der Waals surface area contributed by atoms with Crippen molar-refractivity contribution in [1.82, 2.24) is 35.3 Å². The summed E-state index contributed by atoms with van der Waals surface area (Å²) in [5.74, 6) is 1.15. The molecule has 3 amide bonds. The van der Waals surface area contributed by atoms with Gasteiger partial charge in [0.05, 0.1) is 33.8 Å². The molecule has 2 aromatic heterocycles. The van der Waals surface area contributed by atoms with Crippen molar-refractivity contribution in [3.8, 4) is 11.8 Å². The fourth-order valence-corrected chi connectivity index (χ4v) is 9.73. The van der Waals surface area contributed by atoms with Crippen molar-refractivity contribution < 1.29 is 19.1 Å². The lowest BCUT2D eigenvalue weighted by Gasteiger charge is -2.63. The Hall–Kier alpha value is -5.59. The van der Waals surface area contributed by atoms with E-state index >= 15 is 0 Å². The van der Waals surface area contributed by atoms with E-state index < -0.39 is 0 Å². The summed E-state index contributed by atoms with van der Waals surface area (Å²) < 4.78 is 7.77. The Morgan fingerprint density at radius 1 is 1.02 bits per heavy atom. The number of hydrogen-bond donors (Lipinski definition) is 2. The van der Waals surface area contributed by atoms with E-state index in [0.717, 1.165) is 69.7 Å². The van der Waals surface area contributed by atoms with Crippen molar-refractivity contribution in [3.63, 3.8) is 0 Å². The lowest BCUT2D eigenvalue weighted by Crippen LogP contribution is -2.74. The van der Waals surface area contributed by atoms with Crippen LogP contribution in [0.15, 0.2) is 59.8 Å². The fourth-order valence-electron chi connectivity index (χ4n) is 9.52. The highest BCUT2D eigenvalue weighted by Crippen LogP contribution is 2.55. The van der Waals surface area contributed by atoms with E-state index in [1.165, 1.54) is 4.68 Å². The number of nitrogens with zero attached hydrogens (tertiary/aromatic N) is 8. The van der Waals surface area contributed by atoms with Crippen LogP contribution in [0, 0.1) is 28.1 Å². The first-order chi connectivity index (χ1) is 28.7. The van der Waals surface area contributed by atoms with E-state index in [-0.39, 0.29) is 52.8 Å². The van der Waals surface area contributed by atoms with Crippen molar-refractivity contribution in [2.75, 3.05) is 55.6 Å². The number of benzene rings is 2. The summed E-state index contributed by atoms with van der Waals surface area (Å²) >= 11 is 6.25. The van der Waals surface area contributed by atoms with Crippen LogP contribution in [0.1, 0.15) is 82.3 Å². The molecule has 3 aliphatic rings. The molecule has 2 atom stereocenters. The van der Waals surface area contributed by atoms with E-state index in [4.69, 9.17) is 16.3 Å². The van der Waals surface area contributed by atoms with Gasteiger partial charge in [-0.15, -0.1) is 0 Å². The van der Waals surface area contributed by atoms with E-state index in [0.29, 0.717) is 52.0 Å². The molecule has 2 N–H and O–H groups in total. The molecule has 0 radical (unpaired) electrons. The fraction of sp³-hybridized carbons (Fsp3) is 0.500. The van der Waals surface area contributed by atoms with Gasteiger partial charge in [0.2, 0.25) is 18.3 Å². The Balaban J connectivity index is 0.852. The van der Waals surface area contributed by atoms with Crippen LogP contribution in [-0.2, 0) is 9.59 Å². The third-order valence-electron chi connectivity index (χ3n) is 12.7. The first kappa shape index (κ1) is 42.5. The van der Waals surface area contributed by atoms with Crippen LogP contribution in [0.3, 0.4) is 0 Å². The minimum absolute atomic E-state index is 0.127. The average molecular weight is 837 g/mol. The van der Waals surface area contributed by atoms with E-state index in [2.05, 4.69) is 74.2 Å². The highest BCUT2D eigenvalue weighted by Gasteiger charge is 2.64. The van der Waals surface area contributed by atoms with Crippen molar-refractivity contribution in [2.24, 2.45) is 16.7 Å². The summed E-state index contributed by atoms with van der Waals surface area (Å²) in [4.78, 5) is 65.1. The number of anilines is 2. The predicted molar refractivity (Wildman–Crippen MR) is 229 cm³/mol. The lowest BCUT2D eigenvalue weighted by molar-refractivity contribution is -0.164. The van der Waals surface area contributed by atoms with Gasteiger partial charge in [0.1, 0.15) is 17.9 Å². The monoisotopic (exact) mass is 836 g/mol. The van der Waals surface area contributed by atoms with Crippen LogP contribution in [0.2, 0.25) is 5.02 Å². The van der Waals surface area contributed by atoms with Crippen LogP contribution >= 0.6 is 11.6 Å². The molecule has 1 saturated carbocycles. The van der Waals surface area contributed by atoms with Crippen LogP contribution in [0.5, 0.6) is 5.75 Å². The Morgan fingerprint density at radius 2 is 1.75 bits per heavy atom. The molecule has 2 aliphatic heterocycles. The van der Waals surface area contributed by atoms with Crippen LogP contribution < -0.4 is 30.7 Å². The number of carbonyl (C=O) groups is 3. The molecule has 0 spiro atoms. The van der Waals surface area contributed by atoms with Gasteiger partial charge in [0.15, 0.2) is 0 Å². The zero-order valence-electron chi connectivity index (χ0n) is 34.9. The molecule has 15 nitrogen and oxygen atoms in total. The number of piperazine rings is 1. The Labute approximate surface area is 355 Å². The van der Waals surface area contributed by atoms with Crippen LogP contribution in [0.25, 0.3) is 10.8 Å². The number of nitrogens with one attached hydrogen (secondary N) is 2. The number of imide groups is 1. The third kappa shape index (κ3) is 8.81. The standard InChI is InChI=1S/C44H53ClN10O5/c1-28(6-11-37(57)49-27-56)55-39(59)35-10-8-33(20-31(35)25-50-55)53-18-16-52(17-19-53)14-12-29-13-15-54(26-29)42-47-23-32(24-48-42)38(58)51-40-43(2,3)41(44(40,4)5)60-34-9-7-30(22-46)36(45)21-34/h7-10,20-21,23-25,27-29,40-41H,6,11-19,26H2,1-5H3,(H,51,58)(H,49,56,57). The minimum Gasteiger partial charge on any atom is -0.489 e. The zero-order valence-corrected chi connectivity index (χ0v) is 35.6. The molecule has 0 bridgehead atoms. The van der Waals surface area contributed by atoms with Gasteiger partial charge in [0.25, 0.3) is 11.5 Å². The predicted octanol–water partition coefficient (Wildman–Crippen LogP) is 4.98. The number of fused-ring (bicyclic) bond motifs is 1. The molecule has 2 aromatic carbocycles. The Bertz CT molecular complexity index is 2320. The first-order valence-electron chi connectivity index (χ1n) is 20.7. The van der Waals surface area contributed by atoms with Gasteiger partial charge in [-0.05, 0) is 69.0 Å². The molecule has 4 heterocycles. The first-order valence-corrected chi connectivity index (χ1v) is 21.0. The third-order valence-corrected chi connectivity index (χ3v) is 13.0. The largest absolute Gasteiger partial charge is 0.489 e. The van der Waals surface area contributed by atoms with Gasteiger partial charge in [-0.2, -0.15) is 10.4 Å². The van der Waals surface area contributed by atoms with Gasteiger partial charge in [-0.3, -0.25) is 29.4 Å². The molecule has 3 fully saturated rings. The Kier molecular flexibility index (Phi) is 12.4. The maximum Gasteiger partial charge on any atom is 0.274 e. The summed E-state index contributed by atoms with van der Waals surface area (Å²) in [5.41, 5.74) is 0.907. The number of hydrogen-bond acceptors (Lipinski definition) is 12. The van der Waals surface area contributed by atoms with Crippen molar-refractivity contribution in [2.45, 2.75) is 78.5 Å². The second-order valence-corrected chi connectivity index (χ2v) is 17.9. The highest BCUT2D eigenvalue weighted by molar-refractivity contribution is 6.31. The summed E-state index contributed by atoms with van der Waals surface area (Å²) in [6, 6.07) is 12.6. The second kappa shape index (κ2) is 17.6. The quantitative estimate of drug-likeness (QED) is 0.163. The van der Waals surface area contributed by atoms with E-state index in [1.807, 2.05) is 25.1 Å². The number of aromatic nitrogens is 4. The van der Waals surface area contributed by atoms with E-state index in [1.54, 1.807) is 36.8 Å². The molecule has 1 aliphatic carbocycles. The van der Waals surface area contributed by atoms with Gasteiger partial charge >= 0.3 is 0 Å². The highest BCUT2D eigenvalue weighted by atomic mass is 35.5. The minimum atomic E-state index is -0.383. The molecule has 4 aromatic rings. The van der Waals surface area contributed by atoms with E-state index in [9.17, 15) is 24.4 Å². The maximum absolute atomic E-state index is 13.4. The second-order valence-electron chi connectivity index (χ2n) is 17.5. The summed E-state index contributed by atoms with van der Waals surface area (Å²) in [6.45, 7) is 16.6. The van der Waals surface area contributed by atoms with Crippen molar-refractivity contribution >= 4 is 52.2 Å². The number of nitriles is 1.